The van der Waals surface area contributed by atoms with E-state index in [9.17, 15) is 0 Å². The molecule has 0 unspecified atom stereocenters. The first-order valence-electron chi connectivity index (χ1n) is 26.8. The molecule has 5 nitrogen and oxygen atoms in total. The van der Waals surface area contributed by atoms with E-state index in [1.165, 1.54) is 16.7 Å². The Morgan fingerprint density at radius 3 is 1.74 bits per heavy atom. The normalized spacial score (nSPS) is 15.0. The van der Waals surface area contributed by atoms with Crippen molar-refractivity contribution >= 4 is 32.8 Å². The Morgan fingerprint density at radius 2 is 1.10 bits per heavy atom. The van der Waals surface area contributed by atoms with Gasteiger partial charge in [-0.25, -0.2) is 0 Å². The van der Waals surface area contributed by atoms with E-state index >= 15 is 0 Å². The van der Waals surface area contributed by atoms with Gasteiger partial charge >= 0.3 is 294 Å². The molecule has 0 atom stereocenters. The van der Waals surface area contributed by atoms with Crippen molar-refractivity contribution in [3.05, 3.63) is 220 Å². The van der Waals surface area contributed by atoms with E-state index in [-0.39, 0.29) is 21.8 Å². The summed E-state index contributed by atoms with van der Waals surface area (Å²) in [5, 5.41) is 2.14. The predicted octanol–water partition coefficient (Wildman–Crippen LogP) is 17.7. The summed E-state index contributed by atoms with van der Waals surface area (Å²) in [6.45, 7) is 13.5. The average molecular weight is 1140 g/mol. The number of pyridine rings is 1. The molecule has 0 bridgehead atoms. The molecule has 0 N–H and O–H groups in total. The molecule has 12 rings (SSSR count). The van der Waals surface area contributed by atoms with E-state index < -0.39 is 6.85 Å². The molecule has 8 aromatic carbocycles. The molecule has 3 heterocycles. The monoisotopic (exact) mass is 1130 g/mol. The molecule has 6 heteroatoms. The third kappa shape index (κ3) is 8.14. The molecular weight excluding hydrogens is 1070 g/mol. The van der Waals surface area contributed by atoms with E-state index in [0.29, 0.717) is 22.9 Å². The van der Waals surface area contributed by atoms with Crippen molar-refractivity contribution in [1.29, 1.82) is 0 Å². The van der Waals surface area contributed by atoms with Crippen LogP contribution in [0.4, 0.5) is 0 Å². The van der Waals surface area contributed by atoms with Gasteiger partial charge in [-0.05, 0) is 63.8 Å². The van der Waals surface area contributed by atoms with Crippen molar-refractivity contribution < 1.29 is 28.2 Å². The van der Waals surface area contributed by atoms with Crippen LogP contribution in [0.2, 0.25) is 0 Å². The van der Waals surface area contributed by atoms with Crippen LogP contribution in [-0.4, -0.2) is 18.7 Å². The van der Waals surface area contributed by atoms with Crippen molar-refractivity contribution in [3.63, 3.8) is 0 Å². The molecule has 0 fully saturated rings. The number of rotatable bonds is 8. The molecule has 73 heavy (non-hydrogen) atoms. The maximum atomic E-state index is 8.88. The topological polar surface area (TPSA) is 36.9 Å². The second kappa shape index (κ2) is 17.7. The maximum absolute atomic E-state index is 8.88. The number of aryl methyl sites for hydroxylation is 1. The van der Waals surface area contributed by atoms with Gasteiger partial charge in [0, 0.05) is 15.9 Å². The zero-order chi connectivity index (χ0) is 52.9. The number of nitrogens with zero attached hydrogens (tertiary/aromatic N) is 4. The first kappa shape index (κ1) is 43.3. The summed E-state index contributed by atoms with van der Waals surface area (Å²) in [5.41, 5.74) is 16.0. The SMILES string of the molecule is [2H]C([2H])([2H])c1cc(-n2c3cc(Oc4cccc(-n5[c](=[Pt])n(-c6c(-c7ccccc7)cccc6-c6ccccc6)c6ccccc65)c4)ccc3c3cc4c(cc32)C(C)(C)CCC4(C)C)ncc1-c1ccc(C(C)(C)C)cc1. The van der Waals surface area contributed by atoms with E-state index in [1.807, 2.05) is 24.3 Å². The molecule has 0 saturated heterocycles. The second-order valence-electron chi connectivity index (χ2n) is 22.0. The van der Waals surface area contributed by atoms with Crippen LogP contribution in [0.3, 0.4) is 0 Å². The Morgan fingerprint density at radius 1 is 0.521 bits per heavy atom. The first-order valence-corrected chi connectivity index (χ1v) is 26.4. The molecule has 1 aliphatic rings. The van der Waals surface area contributed by atoms with Gasteiger partial charge in [0.2, 0.25) is 0 Å². The van der Waals surface area contributed by atoms with Gasteiger partial charge in [-0.3, -0.25) is 0 Å². The van der Waals surface area contributed by atoms with Crippen LogP contribution < -0.4 is 4.74 Å². The summed E-state index contributed by atoms with van der Waals surface area (Å²) in [6.07, 6.45) is 3.90. The number of fused-ring (bicyclic) bond motifs is 5. The van der Waals surface area contributed by atoms with Crippen molar-refractivity contribution in [2.75, 3.05) is 0 Å². The van der Waals surface area contributed by atoms with Crippen molar-refractivity contribution in [3.8, 4) is 62.1 Å². The van der Waals surface area contributed by atoms with Gasteiger partial charge in [0.25, 0.3) is 0 Å². The van der Waals surface area contributed by atoms with Gasteiger partial charge in [0.1, 0.15) is 0 Å². The number of imidazole rings is 1. The van der Waals surface area contributed by atoms with E-state index in [4.69, 9.17) is 13.8 Å². The summed E-state index contributed by atoms with van der Waals surface area (Å²) in [6, 6.07) is 65.8. The summed E-state index contributed by atoms with van der Waals surface area (Å²) >= 11 is 2.49. The Kier molecular flexibility index (Phi) is 10.5. The fraction of sp³-hybridized carbons (Fsp3) is 0.194. The molecular formula is C67H60N4OPt. The summed E-state index contributed by atoms with van der Waals surface area (Å²) in [7, 11) is 0. The number of benzene rings is 8. The van der Waals surface area contributed by atoms with E-state index in [0.717, 1.165) is 88.7 Å². The van der Waals surface area contributed by atoms with Crippen molar-refractivity contribution in [2.45, 2.75) is 84.4 Å². The van der Waals surface area contributed by atoms with Crippen LogP contribution in [0.5, 0.6) is 11.5 Å². The second-order valence-corrected chi connectivity index (χ2v) is 23.1. The minimum Gasteiger partial charge on any atom is -0.0579 e. The van der Waals surface area contributed by atoms with Gasteiger partial charge in [-0.1, -0.05) is 72.7 Å². The predicted molar refractivity (Wildman–Crippen MR) is 300 cm³/mol. The Balaban J connectivity index is 1.01. The Bertz CT molecular complexity index is 4060. The number of ether oxygens (including phenoxy) is 1. The van der Waals surface area contributed by atoms with Gasteiger partial charge in [0.05, 0.1) is 0 Å². The fourth-order valence-electron chi connectivity index (χ4n) is 11.2. The number of hydrogen-bond donors (Lipinski definition) is 0. The van der Waals surface area contributed by atoms with Crippen LogP contribution >= 0.6 is 0 Å². The molecule has 3 aromatic heterocycles. The van der Waals surface area contributed by atoms with Crippen LogP contribution in [0.25, 0.3) is 83.4 Å². The quantitative estimate of drug-likeness (QED) is 0.152. The van der Waals surface area contributed by atoms with Gasteiger partial charge in [-0.2, -0.15) is 0 Å². The summed E-state index contributed by atoms with van der Waals surface area (Å²) < 4.78 is 41.4. The third-order valence-corrected chi connectivity index (χ3v) is 16.4. The number of aromatic nitrogens is 4. The smallest absolute Gasteiger partial charge is 0.0579 e. The van der Waals surface area contributed by atoms with Crippen molar-refractivity contribution in [2.24, 2.45) is 0 Å². The molecule has 0 spiro atoms. The number of para-hydroxylation sites is 3. The zero-order valence-electron chi connectivity index (χ0n) is 45.4. The molecule has 11 aromatic rings. The molecule has 0 amide bonds. The van der Waals surface area contributed by atoms with Crippen LogP contribution in [0, 0.1) is 10.7 Å². The van der Waals surface area contributed by atoms with E-state index in [2.05, 4.69) is 239 Å². The summed E-state index contributed by atoms with van der Waals surface area (Å²) in [5.74, 6) is 1.87. The minimum atomic E-state index is -2.41. The average Bonchev–Trinajstić information content (AvgIpc) is 4.03. The standard InChI is InChI=1S/C67H60N4O.Pt/c1-44-37-63(68-42-56(44)47-29-31-48(32-30-47)65(2,3)4)71-61-39-51(33-34-54(61)55-40-57-58(41-62(55)71)67(7,8)36-35-66(57,5)6)72-50-24-17-23-49(38-50)69-43-70(60-28-16-15-27-59(60)69)64-52(45-19-11-9-12-20-45)25-18-26-53(64)46-21-13-10-14-22-46;/h9-34,37-42H,35-36H2,1-8H3;/i1D3;. The summed E-state index contributed by atoms with van der Waals surface area (Å²) in [4.78, 5) is 5.15. The molecule has 364 valence electrons. The van der Waals surface area contributed by atoms with Crippen LogP contribution in [-0.2, 0) is 35.6 Å². The third-order valence-electron chi connectivity index (χ3n) is 15.3. The minimum absolute atomic E-state index is 0.0178. The molecule has 1 aliphatic carbocycles. The zero-order valence-corrected chi connectivity index (χ0v) is 44.7. The van der Waals surface area contributed by atoms with Crippen LogP contribution in [0.15, 0.2) is 194 Å². The Labute approximate surface area is 444 Å². The molecule has 0 radical (unpaired) electrons. The number of hydrogen-bond acceptors (Lipinski definition) is 2. The van der Waals surface area contributed by atoms with Gasteiger partial charge in [0.15, 0.2) is 0 Å². The molecule has 0 saturated carbocycles. The fourth-order valence-corrected chi connectivity index (χ4v) is 12.3. The first-order chi connectivity index (χ1) is 36.4. The van der Waals surface area contributed by atoms with E-state index in [1.54, 1.807) is 12.3 Å². The van der Waals surface area contributed by atoms with Gasteiger partial charge in [-0.15, -0.1) is 0 Å². The molecule has 0 aliphatic heterocycles. The van der Waals surface area contributed by atoms with Crippen molar-refractivity contribution in [1.82, 2.24) is 18.7 Å². The Hall–Kier alpha value is -7.33. The van der Waals surface area contributed by atoms with Gasteiger partial charge < -0.3 is 0 Å². The van der Waals surface area contributed by atoms with Crippen LogP contribution in [0.1, 0.15) is 87.7 Å².